The molecule has 1 aliphatic carbocycles. The first-order valence-corrected chi connectivity index (χ1v) is 10.0. The van der Waals surface area contributed by atoms with Gasteiger partial charge in [0.05, 0.1) is 5.41 Å². The number of esters is 1. The summed E-state index contributed by atoms with van der Waals surface area (Å²) in [6.07, 6.45) is -16.3. The largest absolute Gasteiger partial charge is 0.452 e. The molecule has 2 fully saturated rings. The highest BCUT2D eigenvalue weighted by Crippen LogP contribution is 2.61. The van der Waals surface area contributed by atoms with Crippen LogP contribution in [0.5, 0.6) is 0 Å². The van der Waals surface area contributed by atoms with Gasteiger partial charge in [0.1, 0.15) is 0 Å². The van der Waals surface area contributed by atoms with Crippen molar-refractivity contribution < 1.29 is 54.5 Å². The first-order valence-electron chi connectivity index (χ1n) is 10.0. The molecule has 12 heteroatoms. The topological polar surface area (TPSA) is 55.8 Å². The molecule has 1 saturated heterocycles. The van der Waals surface area contributed by atoms with Gasteiger partial charge < -0.3 is 14.6 Å². The Hall–Kier alpha value is -1.17. The summed E-state index contributed by atoms with van der Waals surface area (Å²) in [5.74, 6) is -13.8. The monoisotopic (exact) mass is 470 g/mol. The fourth-order valence-electron chi connectivity index (χ4n) is 4.07. The van der Waals surface area contributed by atoms with Gasteiger partial charge in [0, 0.05) is 12.3 Å². The Balaban J connectivity index is 2.75. The summed E-state index contributed by atoms with van der Waals surface area (Å²) in [6, 6.07) is 0. The average Bonchev–Trinajstić information content (AvgIpc) is 2.64. The van der Waals surface area contributed by atoms with Gasteiger partial charge in [-0.05, 0) is 33.1 Å². The molecule has 1 N–H and O–H groups in total. The molecule has 1 aliphatic heterocycles. The molecule has 0 radical (unpaired) electrons. The zero-order valence-corrected chi connectivity index (χ0v) is 17.3. The molecule has 0 amide bonds. The van der Waals surface area contributed by atoms with Gasteiger partial charge in [-0.1, -0.05) is 26.2 Å². The van der Waals surface area contributed by atoms with E-state index in [0.29, 0.717) is 6.42 Å². The van der Waals surface area contributed by atoms with Gasteiger partial charge in [-0.2, -0.15) is 35.1 Å². The molecule has 1 heterocycles. The molecule has 0 spiro atoms. The van der Waals surface area contributed by atoms with Gasteiger partial charge in [-0.15, -0.1) is 0 Å². The molecule has 182 valence electrons. The molecule has 3 unspecified atom stereocenters. The number of rotatable bonds is 4. The van der Waals surface area contributed by atoms with Crippen LogP contribution in [-0.4, -0.2) is 46.8 Å². The van der Waals surface area contributed by atoms with Gasteiger partial charge in [-0.25, -0.2) is 0 Å². The smallest absolute Gasteiger partial charge is 0.449 e. The van der Waals surface area contributed by atoms with E-state index in [1.165, 1.54) is 20.8 Å². The number of alkyl halides is 8. The Morgan fingerprint density at radius 1 is 1.06 bits per heavy atom. The number of ether oxygens (including phenoxy) is 2. The van der Waals surface area contributed by atoms with Crippen LogP contribution in [0.1, 0.15) is 65.7 Å². The van der Waals surface area contributed by atoms with E-state index in [1.807, 2.05) is 0 Å². The van der Waals surface area contributed by atoms with Crippen molar-refractivity contribution in [1.29, 1.82) is 0 Å². The summed E-state index contributed by atoms with van der Waals surface area (Å²) in [5, 5.41) is 9.92. The highest BCUT2D eigenvalue weighted by Gasteiger charge is 2.85. The van der Waals surface area contributed by atoms with Crippen LogP contribution in [0, 0.1) is 11.3 Å². The van der Waals surface area contributed by atoms with E-state index in [2.05, 4.69) is 4.74 Å². The van der Waals surface area contributed by atoms with Gasteiger partial charge in [0.2, 0.25) is 0 Å². The van der Waals surface area contributed by atoms with Crippen molar-refractivity contribution >= 4 is 5.97 Å². The number of hydrogen-bond donors (Lipinski definition) is 1. The van der Waals surface area contributed by atoms with E-state index in [0.717, 1.165) is 0 Å². The number of carbonyl (C=O) groups is 1. The van der Waals surface area contributed by atoms with E-state index in [-0.39, 0.29) is 32.1 Å². The van der Waals surface area contributed by atoms with Gasteiger partial charge in [-0.3, -0.25) is 4.79 Å². The van der Waals surface area contributed by atoms with Crippen molar-refractivity contribution in [2.75, 3.05) is 0 Å². The second kappa shape index (κ2) is 8.00. The van der Waals surface area contributed by atoms with E-state index in [1.54, 1.807) is 0 Å². The van der Waals surface area contributed by atoms with Crippen LogP contribution in [0.2, 0.25) is 0 Å². The molecule has 31 heavy (non-hydrogen) atoms. The third-order valence-corrected chi connectivity index (χ3v) is 6.48. The lowest BCUT2D eigenvalue weighted by Gasteiger charge is -2.56. The number of hydrogen-bond acceptors (Lipinski definition) is 4. The van der Waals surface area contributed by atoms with Crippen LogP contribution in [0.25, 0.3) is 0 Å². The van der Waals surface area contributed by atoms with Gasteiger partial charge in [0.25, 0.3) is 0 Å². The molecular formula is C19H26F8O4. The lowest BCUT2D eigenvalue weighted by Crippen LogP contribution is -2.78. The Morgan fingerprint density at radius 3 is 2.00 bits per heavy atom. The molecule has 2 rings (SSSR count). The fourth-order valence-corrected chi connectivity index (χ4v) is 4.07. The molecule has 0 aromatic heterocycles. The Bertz CT molecular complexity index is 669. The summed E-state index contributed by atoms with van der Waals surface area (Å²) in [7, 11) is 0. The van der Waals surface area contributed by atoms with Crippen LogP contribution in [0.4, 0.5) is 35.1 Å². The van der Waals surface area contributed by atoms with Crippen molar-refractivity contribution in [3.63, 3.8) is 0 Å². The highest BCUT2D eigenvalue weighted by molar-refractivity contribution is 5.76. The maximum atomic E-state index is 15.5. The fraction of sp³-hybridized carbons (Fsp3) is 0.947. The predicted octanol–water partition coefficient (Wildman–Crippen LogP) is 5.52. The summed E-state index contributed by atoms with van der Waals surface area (Å²) < 4.78 is 121. The molecule has 4 nitrogen and oxygen atoms in total. The minimum absolute atomic E-state index is 0.0287. The Kier molecular flexibility index (Phi) is 6.73. The van der Waals surface area contributed by atoms with Gasteiger partial charge >= 0.3 is 30.0 Å². The second-order valence-corrected chi connectivity index (χ2v) is 8.92. The SMILES string of the molecule is CCC(C)(C)C(=O)OC1(C2CCCCC2)CC(C(F)(F)F)OC(O)(C(F)(F)F)C1(F)F. The van der Waals surface area contributed by atoms with Crippen molar-refractivity contribution in [1.82, 2.24) is 0 Å². The van der Waals surface area contributed by atoms with Crippen molar-refractivity contribution in [3.8, 4) is 0 Å². The third-order valence-electron chi connectivity index (χ3n) is 6.48. The predicted molar refractivity (Wildman–Crippen MR) is 91.0 cm³/mol. The zero-order chi connectivity index (χ0) is 24.1. The minimum Gasteiger partial charge on any atom is -0.452 e. The first-order chi connectivity index (χ1) is 13.9. The minimum atomic E-state index is -6.30. The lowest BCUT2D eigenvalue weighted by atomic mass is 9.67. The molecule has 0 bridgehead atoms. The van der Waals surface area contributed by atoms with Gasteiger partial charge in [0.15, 0.2) is 11.7 Å². The quantitative estimate of drug-likeness (QED) is 0.434. The normalized spacial score (nSPS) is 33.2. The number of halogens is 8. The highest BCUT2D eigenvalue weighted by atomic mass is 19.4. The van der Waals surface area contributed by atoms with E-state index in [4.69, 9.17) is 4.74 Å². The van der Waals surface area contributed by atoms with E-state index >= 15 is 8.78 Å². The maximum Gasteiger partial charge on any atom is 0.449 e. The Morgan fingerprint density at radius 2 is 1.58 bits per heavy atom. The lowest BCUT2D eigenvalue weighted by molar-refractivity contribution is -0.502. The van der Waals surface area contributed by atoms with Crippen LogP contribution in [0.15, 0.2) is 0 Å². The van der Waals surface area contributed by atoms with E-state index in [9.17, 15) is 36.2 Å². The van der Waals surface area contributed by atoms with Crippen LogP contribution >= 0.6 is 0 Å². The standard InChI is InChI=1S/C19H26F8O4/c1-4-14(2,3)13(28)31-15(11-8-6-5-7-9-11)10-12(16(20,21)22)30-18(29,17(15,23)24)19(25,26)27/h11-12,29H,4-10H2,1-3H3. The summed E-state index contributed by atoms with van der Waals surface area (Å²) in [6.45, 7) is 4.04. The second-order valence-electron chi connectivity index (χ2n) is 8.92. The van der Waals surface area contributed by atoms with Crippen LogP contribution in [0.3, 0.4) is 0 Å². The molecule has 0 aromatic carbocycles. The van der Waals surface area contributed by atoms with Crippen molar-refractivity contribution in [2.24, 2.45) is 11.3 Å². The third kappa shape index (κ3) is 4.26. The number of carbonyl (C=O) groups excluding carboxylic acids is 1. The molecular weight excluding hydrogens is 444 g/mol. The summed E-state index contributed by atoms with van der Waals surface area (Å²) >= 11 is 0. The summed E-state index contributed by atoms with van der Waals surface area (Å²) in [5.41, 5.74) is -5.01. The van der Waals surface area contributed by atoms with Crippen LogP contribution in [-0.2, 0) is 14.3 Å². The van der Waals surface area contributed by atoms with Crippen LogP contribution < -0.4 is 0 Å². The van der Waals surface area contributed by atoms with E-state index < -0.39 is 59.5 Å². The first kappa shape index (κ1) is 26.1. The van der Waals surface area contributed by atoms with Crippen molar-refractivity contribution in [3.05, 3.63) is 0 Å². The number of aliphatic hydroxyl groups is 1. The van der Waals surface area contributed by atoms with Crippen molar-refractivity contribution in [2.45, 2.75) is 101 Å². The molecule has 3 atom stereocenters. The Labute approximate surface area is 174 Å². The molecule has 1 saturated carbocycles. The zero-order valence-electron chi connectivity index (χ0n) is 17.3. The maximum absolute atomic E-state index is 15.5. The molecule has 2 aliphatic rings. The summed E-state index contributed by atoms with van der Waals surface area (Å²) in [4.78, 5) is 12.7. The average molecular weight is 470 g/mol. The molecule has 0 aromatic rings.